The normalized spacial score (nSPS) is 19.4. The number of rotatable bonds is 4. The number of aryl methyl sites for hydroxylation is 2. The number of fused-ring (bicyclic) bond motifs is 1. The minimum Gasteiger partial charge on any atom is -0.487 e. The Hall–Kier alpha value is -1.51. The second-order valence-corrected chi connectivity index (χ2v) is 5.68. The summed E-state index contributed by atoms with van der Waals surface area (Å²) < 4.78 is 10.9. The van der Waals surface area contributed by atoms with E-state index < -0.39 is 0 Å². The smallest absolute Gasteiger partial charge is 0.309 e. The molecule has 3 rings (SSSR count). The Morgan fingerprint density at radius 2 is 2.00 bits per heavy atom. The maximum Gasteiger partial charge on any atom is 0.309 e. The Bertz CT molecular complexity index is 489. The van der Waals surface area contributed by atoms with Gasteiger partial charge in [0.2, 0.25) is 0 Å². The standard InChI is InChI=1S/C16H20O3/c1-18-15(17)11-16(8-3-9-16)19-14-7-6-12-4-2-5-13(12)10-14/h6-7,10H,2-5,8-9,11H2,1H3. The van der Waals surface area contributed by atoms with E-state index in [1.54, 1.807) is 0 Å². The van der Waals surface area contributed by atoms with Gasteiger partial charge in [0, 0.05) is 0 Å². The molecule has 0 bridgehead atoms. The van der Waals surface area contributed by atoms with Crippen molar-refractivity contribution < 1.29 is 14.3 Å². The lowest BCUT2D eigenvalue weighted by molar-refractivity contribution is -0.148. The first-order valence-corrected chi connectivity index (χ1v) is 7.08. The Balaban J connectivity index is 1.74. The molecule has 0 aromatic heterocycles. The monoisotopic (exact) mass is 260 g/mol. The maximum atomic E-state index is 11.5. The molecular formula is C16H20O3. The lowest BCUT2D eigenvalue weighted by atomic mass is 9.77. The van der Waals surface area contributed by atoms with Crippen LogP contribution in [0.3, 0.4) is 0 Å². The fourth-order valence-corrected chi connectivity index (χ4v) is 3.08. The number of carbonyl (C=O) groups excluding carboxylic acids is 1. The average Bonchev–Trinajstić information content (AvgIpc) is 2.83. The van der Waals surface area contributed by atoms with Crippen LogP contribution >= 0.6 is 0 Å². The van der Waals surface area contributed by atoms with Gasteiger partial charge in [-0.3, -0.25) is 4.79 Å². The zero-order valence-corrected chi connectivity index (χ0v) is 11.4. The second-order valence-electron chi connectivity index (χ2n) is 5.68. The van der Waals surface area contributed by atoms with E-state index in [-0.39, 0.29) is 11.6 Å². The lowest BCUT2D eigenvalue weighted by Crippen LogP contribution is -2.45. The van der Waals surface area contributed by atoms with Gasteiger partial charge in [0.05, 0.1) is 13.5 Å². The van der Waals surface area contributed by atoms with Crippen molar-refractivity contribution in [3.63, 3.8) is 0 Å². The van der Waals surface area contributed by atoms with Crippen molar-refractivity contribution in [2.45, 2.75) is 50.5 Å². The van der Waals surface area contributed by atoms with E-state index in [0.717, 1.165) is 31.4 Å². The number of carbonyl (C=O) groups is 1. The molecule has 0 atom stereocenters. The summed E-state index contributed by atoms with van der Waals surface area (Å²) >= 11 is 0. The molecule has 0 heterocycles. The summed E-state index contributed by atoms with van der Waals surface area (Å²) in [5.74, 6) is 0.727. The van der Waals surface area contributed by atoms with Crippen LogP contribution in [0, 0.1) is 0 Å². The molecule has 1 aromatic carbocycles. The molecule has 3 nitrogen and oxygen atoms in total. The predicted molar refractivity (Wildman–Crippen MR) is 72.3 cm³/mol. The van der Waals surface area contributed by atoms with Crippen molar-refractivity contribution >= 4 is 5.97 Å². The molecular weight excluding hydrogens is 240 g/mol. The van der Waals surface area contributed by atoms with Gasteiger partial charge in [-0.05, 0) is 61.8 Å². The number of ether oxygens (including phenoxy) is 2. The van der Waals surface area contributed by atoms with Gasteiger partial charge in [-0.15, -0.1) is 0 Å². The summed E-state index contributed by atoms with van der Waals surface area (Å²) in [6, 6.07) is 6.36. The topological polar surface area (TPSA) is 35.5 Å². The van der Waals surface area contributed by atoms with Gasteiger partial charge >= 0.3 is 5.97 Å². The van der Waals surface area contributed by atoms with Crippen molar-refractivity contribution in [2.24, 2.45) is 0 Å². The summed E-state index contributed by atoms with van der Waals surface area (Å²) in [5, 5.41) is 0. The summed E-state index contributed by atoms with van der Waals surface area (Å²) in [5.41, 5.74) is 2.54. The molecule has 0 aliphatic heterocycles. The largest absolute Gasteiger partial charge is 0.487 e. The fraction of sp³-hybridized carbons (Fsp3) is 0.562. The predicted octanol–water partition coefficient (Wildman–Crippen LogP) is 3.04. The Kier molecular flexibility index (Phi) is 3.21. The van der Waals surface area contributed by atoms with Crippen molar-refractivity contribution in [3.05, 3.63) is 29.3 Å². The zero-order chi connectivity index (χ0) is 13.3. The van der Waals surface area contributed by atoms with E-state index in [1.165, 1.54) is 31.1 Å². The molecule has 3 heteroatoms. The third-order valence-corrected chi connectivity index (χ3v) is 4.36. The third-order valence-electron chi connectivity index (χ3n) is 4.36. The molecule has 0 radical (unpaired) electrons. The van der Waals surface area contributed by atoms with Gasteiger partial charge < -0.3 is 9.47 Å². The van der Waals surface area contributed by atoms with E-state index in [2.05, 4.69) is 12.1 Å². The lowest BCUT2D eigenvalue weighted by Gasteiger charge is -2.41. The third kappa shape index (κ3) is 2.46. The first kappa shape index (κ1) is 12.5. The number of methoxy groups -OCH3 is 1. The first-order chi connectivity index (χ1) is 9.21. The van der Waals surface area contributed by atoms with Crippen LogP contribution in [0.1, 0.15) is 43.2 Å². The maximum absolute atomic E-state index is 11.5. The van der Waals surface area contributed by atoms with Gasteiger partial charge in [0.15, 0.2) is 0 Å². The highest BCUT2D eigenvalue weighted by molar-refractivity contribution is 5.70. The minimum absolute atomic E-state index is 0.180. The highest BCUT2D eigenvalue weighted by Crippen LogP contribution is 2.40. The molecule has 1 aromatic rings. The van der Waals surface area contributed by atoms with Crippen LogP contribution in [0.2, 0.25) is 0 Å². The summed E-state index contributed by atoms with van der Waals surface area (Å²) in [7, 11) is 1.43. The molecule has 102 valence electrons. The molecule has 0 N–H and O–H groups in total. The van der Waals surface area contributed by atoms with Crippen LogP contribution in [0.25, 0.3) is 0 Å². The van der Waals surface area contributed by atoms with Crippen molar-refractivity contribution in [1.82, 2.24) is 0 Å². The molecule has 19 heavy (non-hydrogen) atoms. The van der Waals surface area contributed by atoms with Gasteiger partial charge in [0.25, 0.3) is 0 Å². The number of hydrogen-bond acceptors (Lipinski definition) is 3. The van der Waals surface area contributed by atoms with E-state index in [9.17, 15) is 4.79 Å². The van der Waals surface area contributed by atoms with Crippen LogP contribution in [0.15, 0.2) is 18.2 Å². The van der Waals surface area contributed by atoms with Gasteiger partial charge in [-0.1, -0.05) is 6.07 Å². The van der Waals surface area contributed by atoms with Gasteiger partial charge in [-0.2, -0.15) is 0 Å². The quantitative estimate of drug-likeness (QED) is 0.781. The molecule has 0 spiro atoms. The number of benzene rings is 1. The molecule has 0 unspecified atom stereocenters. The molecule has 0 amide bonds. The summed E-state index contributed by atoms with van der Waals surface area (Å²) in [6.07, 6.45) is 6.95. The van der Waals surface area contributed by atoms with Crippen molar-refractivity contribution in [1.29, 1.82) is 0 Å². The Labute approximate surface area is 113 Å². The molecule has 2 aliphatic rings. The van der Waals surface area contributed by atoms with Crippen LogP contribution in [-0.4, -0.2) is 18.7 Å². The number of hydrogen-bond donors (Lipinski definition) is 0. The zero-order valence-electron chi connectivity index (χ0n) is 11.4. The SMILES string of the molecule is COC(=O)CC1(Oc2ccc3c(c2)CCC3)CCC1. The van der Waals surface area contributed by atoms with Crippen molar-refractivity contribution in [2.75, 3.05) is 7.11 Å². The van der Waals surface area contributed by atoms with Crippen molar-refractivity contribution in [3.8, 4) is 5.75 Å². The van der Waals surface area contributed by atoms with E-state index in [1.807, 2.05) is 6.07 Å². The van der Waals surface area contributed by atoms with Crippen LogP contribution in [-0.2, 0) is 22.4 Å². The van der Waals surface area contributed by atoms with Crippen LogP contribution in [0.4, 0.5) is 0 Å². The molecule has 0 saturated heterocycles. The highest BCUT2D eigenvalue weighted by Gasteiger charge is 2.42. The van der Waals surface area contributed by atoms with E-state index >= 15 is 0 Å². The summed E-state index contributed by atoms with van der Waals surface area (Å²) in [6.45, 7) is 0. The van der Waals surface area contributed by atoms with E-state index in [4.69, 9.17) is 9.47 Å². The average molecular weight is 260 g/mol. The molecule has 1 fully saturated rings. The molecule has 1 saturated carbocycles. The second kappa shape index (κ2) is 4.87. The number of esters is 1. The molecule has 2 aliphatic carbocycles. The van der Waals surface area contributed by atoms with Crippen LogP contribution in [0.5, 0.6) is 5.75 Å². The minimum atomic E-state index is -0.320. The summed E-state index contributed by atoms with van der Waals surface area (Å²) in [4.78, 5) is 11.5. The highest BCUT2D eigenvalue weighted by atomic mass is 16.5. The Morgan fingerprint density at radius 1 is 1.21 bits per heavy atom. The Morgan fingerprint density at radius 3 is 2.68 bits per heavy atom. The fourth-order valence-electron chi connectivity index (χ4n) is 3.08. The first-order valence-electron chi connectivity index (χ1n) is 7.08. The van der Waals surface area contributed by atoms with Gasteiger partial charge in [0.1, 0.15) is 11.4 Å². The van der Waals surface area contributed by atoms with Gasteiger partial charge in [-0.25, -0.2) is 0 Å². The van der Waals surface area contributed by atoms with Crippen LogP contribution < -0.4 is 4.74 Å². The van der Waals surface area contributed by atoms with E-state index in [0.29, 0.717) is 6.42 Å².